The molecule has 0 radical (unpaired) electrons. The molecular weight excluding hydrogens is 288 g/mol. The molecule has 0 saturated heterocycles. The molecule has 4 saturated carbocycles. The lowest BCUT2D eigenvalue weighted by molar-refractivity contribution is -0.122. The zero-order valence-electron chi connectivity index (χ0n) is 11.7. The van der Waals surface area contributed by atoms with Crippen LogP contribution in [0.2, 0.25) is 0 Å². The molecule has 1 N–H and O–H groups in total. The van der Waals surface area contributed by atoms with Gasteiger partial charge in [0.25, 0.3) is 0 Å². The summed E-state index contributed by atoms with van der Waals surface area (Å²) in [5.74, 6) is 5.36. The van der Waals surface area contributed by atoms with E-state index in [9.17, 15) is 4.79 Å². The summed E-state index contributed by atoms with van der Waals surface area (Å²) in [6.45, 7) is 0.921. The molecule has 0 aromatic heterocycles. The Morgan fingerprint density at radius 2 is 1.90 bits per heavy atom. The highest BCUT2D eigenvalue weighted by atomic mass is 32.2. The standard InChI is InChI=1S/C15H22N2OS2/c18-13(8-20-15-16-1-2-19-15)17-14-11-4-9-3-10(6-11)7-12(14)5-9/h9-12,14H,1-8H2,(H,17,18). The van der Waals surface area contributed by atoms with E-state index in [0.29, 0.717) is 11.8 Å². The van der Waals surface area contributed by atoms with Crippen LogP contribution in [-0.2, 0) is 4.79 Å². The van der Waals surface area contributed by atoms with E-state index in [-0.39, 0.29) is 5.91 Å². The van der Waals surface area contributed by atoms with E-state index < -0.39 is 0 Å². The predicted octanol–water partition coefficient (Wildman–Crippen LogP) is 2.76. The summed E-state index contributed by atoms with van der Waals surface area (Å²) in [7, 11) is 0. The van der Waals surface area contributed by atoms with Crippen LogP contribution in [0.15, 0.2) is 4.99 Å². The van der Waals surface area contributed by atoms with E-state index in [4.69, 9.17) is 0 Å². The Hall–Kier alpha value is -0.160. The second-order valence-corrected chi connectivity index (χ2v) is 9.11. The molecule has 20 heavy (non-hydrogen) atoms. The molecule has 4 bridgehead atoms. The van der Waals surface area contributed by atoms with Crippen molar-refractivity contribution in [3.8, 4) is 0 Å². The summed E-state index contributed by atoms with van der Waals surface area (Å²) in [6.07, 6.45) is 6.95. The number of nitrogens with one attached hydrogen (secondary N) is 1. The summed E-state index contributed by atoms with van der Waals surface area (Å²) < 4.78 is 1.10. The predicted molar refractivity (Wildman–Crippen MR) is 86.2 cm³/mol. The second-order valence-electron chi connectivity index (χ2n) is 6.81. The van der Waals surface area contributed by atoms with Gasteiger partial charge in [0, 0.05) is 11.8 Å². The van der Waals surface area contributed by atoms with Crippen LogP contribution in [0.5, 0.6) is 0 Å². The molecule has 1 aliphatic heterocycles. The Bertz CT molecular complexity index is 410. The van der Waals surface area contributed by atoms with Crippen molar-refractivity contribution in [3.05, 3.63) is 0 Å². The van der Waals surface area contributed by atoms with Crippen molar-refractivity contribution < 1.29 is 4.79 Å². The van der Waals surface area contributed by atoms with Gasteiger partial charge in [-0.1, -0.05) is 23.5 Å². The largest absolute Gasteiger partial charge is 0.352 e. The average Bonchev–Trinajstić information content (AvgIpc) is 2.93. The van der Waals surface area contributed by atoms with E-state index in [2.05, 4.69) is 10.3 Å². The monoisotopic (exact) mass is 310 g/mol. The van der Waals surface area contributed by atoms with Crippen molar-refractivity contribution in [2.24, 2.45) is 28.7 Å². The van der Waals surface area contributed by atoms with Crippen LogP contribution >= 0.6 is 23.5 Å². The number of rotatable bonds is 3. The molecule has 0 spiro atoms. The minimum absolute atomic E-state index is 0.225. The molecule has 0 atom stereocenters. The van der Waals surface area contributed by atoms with Crippen LogP contribution in [0.25, 0.3) is 0 Å². The molecule has 3 nitrogen and oxygen atoms in total. The summed E-state index contributed by atoms with van der Waals surface area (Å²) in [6, 6.07) is 0.481. The molecule has 4 fully saturated rings. The fourth-order valence-electron chi connectivity index (χ4n) is 4.92. The van der Waals surface area contributed by atoms with Gasteiger partial charge in [-0.25, -0.2) is 0 Å². The highest BCUT2D eigenvalue weighted by molar-refractivity contribution is 8.39. The molecule has 0 aromatic rings. The molecule has 1 heterocycles. The highest BCUT2D eigenvalue weighted by Crippen LogP contribution is 2.53. The van der Waals surface area contributed by atoms with Crippen molar-refractivity contribution in [2.75, 3.05) is 18.1 Å². The van der Waals surface area contributed by atoms with Crippen molar-refractivity contribution in [1.29, 1.82) is 0 Å². The van der Waals surface area contributed by atoms with Gasteiger partial charge in [0.2, 0.25) is 5.91 Å². The van der Waals surface area contributed by atoms with E-state index in [1.54, 1.807) is 23.5 Å². The Kier molecular flexibility index (Phi) is 3.75. The van der Waals surface area contributed by atoms with Crippen LogP contribution in [-0.4, -0.2) is 34.4 Å². The third kappa shape index (κ3) is 2.63. The van der Waals surface area contributed by atoms with E-state index in [1.165, 1.54) is 32.1 Å². The highest BCUT2D eigenvalue weighted by Gasteiger charge is 2.48. The molecule has 0 aromatic carbocycles. The lowest BCUT2D eigenvalue weighted by Crippen LogP contribution is -2.56. The Labute approximate surface area is 129 Å². The average molecular weight is 310 g/mol. The molecule has 1 amide bonds. The lowest BCUT2D eigenvalue weighted by Gasteiger charge is -2.54. The molecule has 0 unspecified atom stereocenters. The first-order chi connectivity index (χ1) is 9.78. The molecule has 110 valence electrons. The summed E-state index contributed by atoms with van der Waals surface area (Å²) in [5.41, 5.74) is 0. The van der Waals surface area contributed by atoms with Crippen LogP contribution in [0.1, 0.15) is 32.1 Å². The van der Waals surface area contributed by atoms with Gasteiger partial charge in [-0.3, -0.25) is 9.79 Å². The maximum atomic E-state index is 12.2. The zero-order chi connectivity index (χ0) is 13.5. The number of hydrogen-bond donors (Lipinski definition) is 1. The SMILES string of the molecule is O=C(CSC1=NCCS1)NC1C2CC3CC(C2)CC1C3. The summed E-state index contributed by atoms with van der Waals surface area (Å²) in [4.78, 5) is 16.6. The van der Waals surface area contributed by atoms with Crippen LogP contribution < -0.4 is 5.32 Å². The number of carbonyl (C=O) groups is 1. The Morgan fingerprint density at radius 3 is 2.50 bits per heavy atom. The van der Waals surface area contributed by atoms with Crippen molar-refractivity contribution in [3.63, 3.8) is 0 Å². The summed E-state index contributed by atoms with van der Waals surface area (Å²) in [5, 5.41) is 3.36. The number of amides is 1. The topological polar surface area (TPSA) is 41.5 Å². The molecule has 4 aliphatic carbocycles. The number of aliphatic imine (C=N–C) groups is 1. The fourth-order valence-corrected chi connectivity index (χ4v) is 6.74. The maximum Gasteiger partial charge on any atom is 0.230 e. The lowest BCUT2D eigenvalue weighted by atomic mass is 9.54. The van der Waals surface area contributed by atoms with Crippen LogP contribution in [0.4, 0.5) is 0 Å². The number of thioether (sulfide) groups is 2. The van der Waals surface area contributed by atoms with Gasteiger partial charge in [-0.05, 0) is 55.8 Å². The van der Waals surface area contributed by atoms with Gasteiger partial charge in [0.1, 0.15) is 4.38 Å². The molecule has 5 aliphatic rings. The minimum Gasteiger partial charge on any atom is -0.352 e. The van der Waals surface area contributed by atoms with Crippen molar-refractivity contribution in [1.82, 2.24) is 5.32 Å². The quantitative estimate of drug-likeness (QED) is 0.871. The summed E-state index contributed by atoms with van der Waals surface area (Å²) >= 11 is 3.41. The number of carbonyl (C=O) groups excluding carboxylic acids is 1. The Balaban J connectivity index is 1.31. The van der Waals surface area contributed by atoms with Gasteiger partial charge in [0.05, 0.1) is 12.3 Å². The molecule has 5 rings (SSSR count). The van der Waals surface area contributed by atoms with Gasteiger partial charge in [-0.15, -0.1) is 0 Å². The van der Waals surface area contributed by atoms with Crippen LogP contribution in [0, 0.1) is 23.7 Å². The molecule has 5 heteroatoms. The van der Waals surface area contributed by atoms with Gasteiger partial charge in [0.15, 0.2) is 0 Å². The number of nitrogens with zero attached hydrogens (tertiary/aromatic N) is 1. The van der Waals surface area contributed by atoms with Crippen LogP contribution in [0.3, 0.4) is 0 Å². The second kappa shape index (κ2) is 5.56. The maximum absolute atomic E-state index is 12.2. The van der Waals surface area contributed by atoms with Crippen molar-refractivity contribution in [2.45, 2.75) is 38.1 Å². The van der Waals surface area contributed by atoms with E-state index in [0.717, 1.165) is 40.3 Å². The van der Waals surface area contributed by atoms with Gasteiger partial charge in [-0.2, -0.15) is 0 Å². The zero-order valence-corrected chi connectivity index (χ0v) is 13.3. The number of hydrogen-bond acceptors (Lipinski definition) is 4. The first kappa shape index (κ1) is 13.5. The minimum atomic E-state index is 0.225. The third-order valence-electron chi connectivity index (χ3n) is 5.44. The smallest absolute Gasteiger partial charge is 0.230 e. The van der Waals surface area contributed by atoms with Gasteiger partial charge >= 0.3 is 0 Å². The normalized spacial score (nSPS) is 41.8. The third-order valence-corrected chi connectivity index (χ3v) is 7.69. The Morgan fingerprint density at radius 1 is 1.20 bits per heavy atom. The van der Waals surface area contributed by atoms with E-state index >= 15 is 0 Å². The fraction of sp³-hybridized carbons (Fsp3) is 0.867. The first-order valence-corrected chi connectivity index (χ1v) is 9.84. The molecular formula is C15H22N2OS2. The first-order valence-electron chi connectivity index (χ1n) is 7.87. The van der Waals surface area contributed by atoms with Crippen molar-refractivity contribution >= 4 is 33.8 Å². The van der Waals surface area contributed by atoms with E-state index in [1.807, 2.05) is 0 Å². The van der Waals surface area contributed by atoms with Gasteiger partial charge < -0.3 is 5.32 Å².